The summed E-state index contributed by atoms with van der Waals surface area (Å²) in [6, 6.07) is 1.46. The Morgan fingerprint density at radius 2 is 1.76 bits per heavy atom. The van der Waals surface area contributed by atoms with Crippen LogP contribution in [0.5, 0.6) is 0 Å². The van der Waals surface area contributed by atoms with Crippen LogP contribution < -0.4 is 5.32 Å². The normalized spacial score (nSPS) is 33.0. The molecule has 2 fully saturated rings. The van der Waals surface area contributed by atoms with Crippen LogP contribution in [0.1, 0.15) is 45.4 Å². The first-order valence-corrected chi connectivity index (χ1v) is 7.47. The third kappa shape index (κ3) is 3.94. The minimum Gasteiger partial charge on any atom is -0.379 e. The maximum Gasteiger partial charge on any atom is 0.0594 e. The molecule has 1 aliphatic heterocycles. The van der Waals surface area contributed by atoms with Gasteiger partial charge in [-0.3, -0.25) is 4.90 Å². The van der Waals surface area contributed by atoms with Gasteiger partial charge < -0.3 is 10.1 Å². The second-order valence-corrected chi connectivity index (χ2v) is 5.37. The fourth-order valence-electron chi connectivity index (χ4n) is 3.31. The quantitative estimate of drug-likeness (QED) is 0.817. The monoisotopic (exact) mass is 240 g/mol. The van der Waals surface area contributed by atoms with Gasteiger partial charge in [-0.15, -0.1) is 0 Å². The number of likely N-dealkylation sites (N-methyl/N-ethyl adjacent to an activating group) is 1. The summed E-state index contributed by atoms with van der Waals surface area (Å²) in [5, 5.41) is 3.72. The number of nitrogens with one attached hydrogen (secondary N) is 1. The zero-order valence-corrected chi connectivity index (χ0v) is 11.3. The Kier molecular flexibility index (Phi) is 5.75. The Morgan fingerprint density at radius 1 is 1.06 bits per heavy atom. The maximum absolute atomic E-state index is 5.48. The maximum atomic E-state index is 5.48. The minimum absolute atomic E-state index is 0.707. The molecular weight excluding hydrogens is 212 g/mol. The molecule has 2 unspecified atom stereocenters. The largest absolute Gasteiger partial charge is 0.379 e. The van der Waals surface area contributed by atoms with E-state index >= 15 is 0 Å². The van der Waals surface area contributed by atoms with Crippen LogP contribution in [-0.2, 0) is 4.74 Å². The molecule has 2 atom stereocenters. The zero-order chi connectivity index (χ0) is 11.9. The van der Waals surface area contributed by atoms with Crippen molar-refractivity contribution in [2.24, 2.45) is 0 Å². The highest BCUT2D eigenvalue weighted by molar-refractivity contribution is 4.86. The van der Waals surface area contributed by atoms with Gasteiger partial charge >= 0.3 is 0 Å². The second kappa shape index (κ2) is 7.34. The van der Waals surface area contributed by atoms with Gasteiger partial charge in [-0.2, -0.15) is 0 Å². The molecule has 17 heavy (non-hydrogen) atoms. The minimum atomic E-state index is 0.707. The van der Waals surface area contributed by atoms with Gasteiger partial charge in [0.25, 0.3) is 0 Å². The first-order valence-electron chi connectivity index (χ1n) is 7.47. The number of hydrogen-bond acceptors (Lipinski definition) is 3. The Bertz CT molecular complexity index is 204. The summed E-state index contributed by atoms with van der Waals surface area (Å²) in [5.41, 5.74) is 0. The van der Waals surface area contributed by atoms with Crippen molar-refractivity contribution in [3.8, 4) is 0 Å². The van der Waals surface area contributed by atoms with Crippen molar-refractivity contribution in [2.45, 2.75) is 57.5 Å². The standard InChI is InChI=1S/C14H28N2O/c1-2-15-13-7-5-3-4-6-8-14(13)16-9-11-17-12-10-16/h13-15H,2-12H2,1H3. The van der Waals surface area contributed by atoms with Crippen LogP contribution in [0, 0.1) is 0 Å². The average molecular weight is 240 g/mol. The van der Waals surface area contributed by atoms with E-state index in [2.05, 4.69) is 17.1 Å². The summed E-state index contributed by atoms with van der Waals surface area (Å²) < 4.78 is 5.48. The SMILES string of the molecule is CCNC1CCCCCCC1N1CCOCC1. The summed E-state index contributed by atoms with van der Waals surface area (Å²) in [6.45, 7) is 7.45. The van der Waals surface area contributed by atoms with Crippen LogP contribution in [0.4, 0.5) is 0 Å². The van der Waals surface area contributed by atoms with E-state index < -0.39 is 0 Å². The number of morpholine rings is 1. The highest BCUT2D eigenvalue weighted by Crippen LogP contribution is 2.22. The Hall–Kier alpha value is -0.120. The predicted octanol–water partition coefficient (Wildman–Crippen LogP) is 2.02. The molecule has 0 spiro atoms. The van der Waals surface area contributed by atoms with Gasteiger partial charge in [0.1, 0.15) is 0 Å². The van der Waals surface area contributed by atoms with Crippen molar-refractivity contribution >= 4 is 0 Å². The molecule has 1 saturated carbocycles. The first-order chi connectivity index (χ1) is 8.42. The molecular formula is C14H28N2O. The summed E-state index contributed by atoms with van der Waals surface area (Å²) in [5.74, 6) is 0. The third-order valence-corrected chi connectivity index (χ3v) is 4.21. The Labute approximate surface area is 106 Å². The van der Waals surface area contributed by atoms with Gasteiger partial charge in [-0.05, 0) is 19.4 Å². The van der Waals surface area contributed by atoms with E-state index in [-0.39, 0.29) is 0 Å². The molecule has 2 rings (SSSR count). The van der Waals surface area contributed by atoms with Gasteiger partial charge in [0.2, 0.25) is 0 Å². The number of nitrogens with zero attached hydrogens (tertiary/aromatic N) is 1. The molecule has 0 aromatic rings. The molecule has 3 heteroatoms. The number of rotatable bonds is 3. The molecule has 0 radical (unpaired) electrons. The lowest BCUT2D eigenvalue weighted by molar-refractivity contribution is 0.00323. The molecule has 1 saturated heterocycles. The average Bonchev–Trinajstić information content (AvgIpc) is 2.34. The lowest BCUT2D eigenvalue weighted by Gasteiger charge is -2.40. The van der Waals surface area contributed by atoms with Gasteiger partial charge in [0, 0.05) is 25.2 Å². The fourth-order valence-corrected chi connectivity index (χ4v) is 3.31. The molecule has 0 aromatic heterocycles. The van der Waals surface area contributed by atoms with E-state index in [4.69, 9.17) is 4.74 Å². The molecule has 1 aliphatic carbocycles. The first kappa shape index (κ1) is 13.3. The van der Waals surface area contributed by atoms with Gasteiger partial charge in [-0.1, -0.05) is 32.6 Å². The second-order valence-electron chi connectivity index (χ2n) is 5.37. The Balaban J connectivity index is 1.95. The summed E-state index contributed by atoms with van der Waals surface area (Å²) in [7, 11) is 0. The number of hydrogen-bond donors (Lipinski definition) is 1. The van der Waals surface area contributed by atoms with Crippen LogP contribution in [0.15, 0.2) is 0 Å². The van der Waals surface area contributed by atoms with Crippen LogP contribution in [0.3, 0.4) is 0 Å². The van der Waals surface area contributed by atoms with Crippen LogP contribution in [0.2, 0.25) is 0 Å². The van der Waals surface area contributed by atoms with Gasteiger partial charge in [0.05, 0.1) is 13.2 Å². The van der Waals surface area contributed by atoms with E-state index in [1.54, 1.807) is 0 Å². The van der Waals surface area contributed by atoms with E-state index in [1.807, 2.05) is 0 Å². The van der Waals surface area contributed by atoms with E-state index in [9.17, 15) is 0 Å². The highest BCUT2D eigenvalue weighted by atomic mass is 16.5. The molecule has 0 amide bonds. The van der Waals surface area contributed by atoms with Crippen molar-refractivity contribution < 1.29 is 4.74 Å². The van der Waals surface area contributed by atoms with Gasteiger partial charge in [0.15, 0.2) is 0 Å². The molecule has 1 N–H and O–H groups in total. The van der Waals surface area contributed by atoms with Crippen molar-refractivity contribution in [2.75, 3.05) is 32.8 Å². The molecule has 3 nitrogen and oxygen atoms in total. The summed E-state index contributed by atoms with van der Waals surface area (Å²) in [6.07, 6.45) is 8.40. The smallest absolute Gasteiger partial charge is 0.0594 e. The molecule has 0 bridgehead atoms. The van der Waals surface area contributed by atoms with Gasteiger partial charge in [-0.25, -0.2) is 0 Å². The van der Waals surface area contributed by atoms with E-state index in [0.717, 1.165) is 38.9 Å². The highest BCUT2D eigenvalue weighted by Gasteiger charge is 2.28. The number of ether oxygens (including phenoxy) is 1. The van der Waals surface area contributed by atoms with Crippen LogP contribution in [0.25, 0.3) is 0 Å². The van der Waals surface area contributed by atoms with Crippen LogP contribution in [-0.4, -0.2) is 49.8 Å². The van der Waals surface area contributed by atoms with Crippen molar-refractivity contribution in [1.82, 2.24) is 10.2 Å². The summed E-state index contributed by atoms with van der Waals surface area (Å²) in [4.78, 5) is 2.67. The van der Waals surface area contributed by atoms with Crippen LogP contribution >= 0.6 is 0 Å². The summed E-state index contributed by atoms with van der Waals surface area (Å²) >= 11 is 0. The predicted molar refractivity (Wildman–Crippen MR) is 71.3 cm³/mol. The zero-order valence-electron chi connectivity index (χ0n) is 11.3. The van der Waals surface area contributed by atoms with E-state index in [1.165, 1.54) is 38.5 Å². The molecule has 0 aromatic carbocycles. The molecule has 100 valence electrons. The third-order valence-electron chi connectivity index (χ3n) is 4.21. The molecule has 2 aliphatic rings. The van der Waals surface area contributed by atoms with Crippen molar-refractivity contribution in [1.29, 1.82) is 0 Å². The topological polar surface area (TPSA) is 24.5 Å². The Morgan fingerprint density at radius 3 is 2.47 bits per heavy atom. The lowest BCUT2D eigenvalue weighted by atomic mass is 9.91. The lowest BCUT2D eigenvalue weighted by Crippen LogP contribution is -2.53. The van der Waals surface area contributed by atoms with Crippen molar-refractivity contribution in [3.05, 3.63) is 0 Å². The van der Waals surface area contributed by atoms with E-state index in [0.29, 0.717) is 6.04 Å². The molecule has 1 heterocycles. The fraction of sp³-hybridized carbons (Fsp3) is 1.00. The van der Waals surface area contributed by atoms with Crippen molar-refractivity contribution in [3.63, 3.8) is 0 Å².